The lowest BCUT2D eigenvalue weighted by Gasteiger charge is -2.16. The number of carbonyl (C=O) groups is 1. The summed E-state index contributed by atoms with van der Waals surface area (Å²) < 4.78 is 56.0. The van der Waals surface area contributed by atoms with Gasteiger partial charge in [0.2, 0.25) is 5.91 Å². The highest BCUT2D eigenvalue weighted by atomic mass is 19.4. The number of carbonyl (C=O) groups excluding carboxylic acids is 1. The van der Waals surface area contributed by atoms with E-state index in [4.69, 9.17) is 4.74 Å². The van der Waals surface area contributed by atoms with Crippen LogP contribution in [0.15, 0.2) is 18.2 Å². The molecule has 0 saturated heterocycles. The number of alkyl halides is 3. The molecule has 1 aromatic rings. The molecule has 0 aliphatic rings. The molecular formula is C14H17F4NO2. The molecule has 3 nitrogen and oxygen atoms in total. The van der Waals surface area contributed by atoms with Crippen LogP contribution in [-0.2, 0) is 22.3 Å². The zero-order valence-electron chi connectivity index (χ0n) is 11.9. The first-order chi connectivity index (χ1) is 9.61. The Balaban J connectivity index is 2.66. The van der Waals surface area contributed by atoms with Gasteiger partial charge in [-0.15, -0.1) is 0 Å². The zero-order chi connectivity index (χ0) is 16.2. The van der Waals surface area contributed by atoms with E-state index >= 15 is 0 Å². The number of halogens is 4. The average Bonchev–Trinajstić information content (AvgIpc) is 2.34. The lowest BCUT2D eigenvalue weighted by molar-refractivity contribution is -0.138. The Hall–Kier alpha value is -1.63. The van der Waals surface area contributed by atoms with Crippen molar-refractivity contribution >= 4 is 5.91 Å². The van der Waals surface area contributed by atoms with Crippen LogP contribution >= 0.6 is 0 Å². The lowest BCUT2D eigenvalue weighted by atomic mass is 10.1. The Morgan fingerprint density at radius 2 is 1.90 bits per heavy atom. The predicted octanol–water partition coefficient (Wildman–Crippen LogP) is 3.27. The van der Waals surface area contributed by atoms with Crippen molar-refractivity contribution in [2.24, 2.45) is 0 Å². The SMILES string of the molecule is CC(C)O[C@H](C)C(=O)NCc1ccc(C(F)(F)F)cc1F. The molecule has 0 fully saturated rings. The van der Waals surface area contributed by atoms with Crippen LogP contribution in [0.2, 0.25) is 0 Å². The molecule has 1 rings (SSSR count). The van der Waals surface area contributed by atoms with Gasteiger partial charge >= 0.3 is 6.18 Å². The summed E-state index contributed by atoms with van der Waals surface area (Å²) in [6.45, 7) is 4.87. The quantitative estimate of drug-likeness (QED) is 0.848. The van der Waals surface area contributed by atoms with E-state index in [1.165, 1.54) is 0 Å². The molecule has 0 aromatic heterocycles. The number of ether oxygens (including phenoxy) is 1. The Morgan fingerprint density at radius 3 is 2.38 bits per heavy atom. The van der Waals surface area contributed by atoms with Crippen molar-refractivity contribution in [2.75, 3.05) is 0 Å². The van der Waals surface area contributed by atoms with Gasteiger partial charge in [0.05, 0.1) is 11.7 Å². The fourth-order valence-electron chi connectivity index (χ4n) is 1.66. The summed E-state index contributed by atoms with van der Waals surface area (Å²) in [4.78, 5) is 11.7. The lowest BCUT2D eigenvalue weighted by Crippen LogP contribution is -2.35. The van der Waals surface area contributed by atoms with Crippen LogP contribution in [0.25, 0.3) is 0 Å². The highest BCUT2D eigenvalue weighted by Gasteiger charge is 2.31. The third-order valence-electron chi connectivity index (χ3n) is 2.68. The van der Waals surface area contributed by atoms with Gasteiger partial charge < -0.3 is 10.1 Å². The summed E-state index contributed by atoms with van der Waals surface area (Å²) in [5, 5.41) is 2.42. The van der Waals surface area contributed by atoms with Crippen molar-refractivity contribution in [3.63, 3.8) is 0 Å². The Bertz CT molecular complexity index is 500. The van der Waals surface area contributed by atoms with E-state index in [-0.39, 0.29) is 18.2 Å². The van der Waals surface area contributed by atoms with E-state index in [1.54, 1.807) is 20.8 Å². The first-order valence-corrected chi connectivity index (χ1v) is 6.40. The Kier molecular flexibility index (Phi) is 5.71. The zero-order valence-corrected chi connectivity index (χ0v) is 11.9. The molecule has 0 spiro atoms. The van der Waals surface area contributed by atoms with Gasteiger partial charge in [0, 0.05) is 12.1 Å². The maximum atomic E-state index is 13.6. The van der Waals surface area contributed by atoms with E-state index in [0.29, 0.717) is 6.07 Å². The second-order valence-electron chi connectivity index (χ2n) is 4.85. The molecule has 1 amide bonds. The van der Waals surface area contributed by atoms with Crippen molar-refractivity contribution in [3.05, 3.63) is 35.1 Å². The maximum absolute atomic E-state index is 13.6. The van der Waals surface area contributed by atoms with Crippen LogP contribution in [0.1, 0.15) is 31.9 Å². The van der Waals surface area contributed by atoms with Crippen LogP contribution in [0.3, 0.4) is 0 Å². The standard InChI is InChI=1S/C14H17F4NO2/c1-8(2)21-9(3)13(20)19-7-10-4-5-11(6-12(10)15)14(16,17)18/h4-6,8-9H,7H2,1-3H3,(H,19,20)/t9-/m1/s1. The van der Waals surface area contributed by atoms with Crippen molar-refractivity contribution in [2.45, 2.75) is 45.7 Å². The summed E-state index contributed by atoms with van der Waals surface area (Å²) >= 11 is 0. The fourth-order valence-corrected chi connectivity index (χ4v) is 1.66. The number of hydrogen-bond acceptors (Lipinski definition) is 2. The van der Waals surface area contributed by atoms with Gasteiger partial charge in [-0.3, -0.25) is 4.79 Å². The van der Waals surface area contributed by atoms with Gasteiger partial charge in [0.15, 0.2) is 0 Å². The van der Waals surface area contributed by atoms with Crippen molar-refractivity contribution in [1.82, 2.24) is 5.32 Å². The number of hydrogen-bond donors (Lipinski definition) is 1. The molecule has 0 saturated carbocycles. The van der Waals surface area contributed by atoms with Gasteiger partial charge in [-0.05, 0) is 32.9 Å². The molecular weight excluding hydrogens is 290 g/mol. The molecule has 1 aromatic carbocycles. The molecule has 0 heterocycles. The third-order valence-corrected chi connectivity index (χ3v) is 2.68. The van der Waals surface area contributed by atoms with Crippen LogP contribution in [0.4, 0.5) is 17.6 Å². The highest BCUT2D eigenvalue weighted by Crippen LogP contribution is 2.30. The van der Waals surface area contributed by atoms with E-state index < -0.39 is 29.6 Å². The highest BCUT2D eigenvalue weighted by molar-refractivity contribution is 5.80. The normalized spacial score (nSPS) is 13.3. The number of amides is 1. The molecule has 21 heavy (non-hydrogen) atoms. The van der Waals surface area contributed by atoms with Crippen LogP contribution < -0.4 is 5.32 Å². The summed E-state index contributed by atoms with van der Waals surface area (Å²) in [7, 11) is 0. The predicted molar refractivity (Wildman–Crippen MR) is 68.9 cm³/mol. The molecule has 0 unspecified atom stereocenters. The van der Waals surface area contributed by atoms with Crippen LogP contribution in [-0.4, -0.2) is 18.1 Å². The van der Waals surface area contributed by atoms with Crippen molar-refractivity contribution < 1.29 is 27.1 Å². The summed E-state index contributed by atoms with van der Waals surface area (Å²) in [5.41, 5.74) is -1.08. The van der Waals surface area contributed by atoms with Crippen LogP contribution in [0.5, 0.6) is 0 Å². The Morgan fingerprint density at radius 1 is 1.29 bits per heavy atom. The molecule has 1 atom stereocenters. The molecule has 0 bridgehead atoms. The molecule has 0 aliphatic carbocycles. The van der Waals surface area contributed by atoms with E-state index in [1.807, 2.05) is 0 Å². The van der Waals surface area contributed by atoms with E-state index in [2.05, 4.69) is 5.32 Å². The first-order valence-electron chi connectivity index (χ1n) is 6.40. The van der Waals surface area contributed by atoms with Crippen LogP contribution in [0, 0.1) is 5.82 Å². The second kappa shape index (κ2) is 6.89. The minimum atomic E-state index is -4.60. The van der Waals surface area contributed by atoms with E-state index in [0.717, 1.165) is 12.1 Å². The van der Waals surface area contributed by atoms with E-state index in [9.17, 15) is 22.4 Å². The molecule has 118 valence electrons. The molecule has 0 aliphatic heterocycles. The van der Waals surface area contributed by atoms with Gasteiger partial charge in [-0.25, -0.2) is 4.39 Å². The van der Waals surface area contributed by atoms with Crippen molar-refractivity contribution in [1.29, 1.82) is 0 Å². The first kappa shape index (κ1) is 17.4. The Labute approximate surface area is 120 Å². The topological polar surface area (TPSA) is 38.3 Å². The summed E-state index contributed by atoms with van der Waals surface area (Å²) in [6.07, 6.45) is -5.46. The molecule has 7 heteroatoms. The molecule has 0 radical (unpaired) electrons. The van der Waals surface area contributed by atoms with Gasteiger partial charge in [-0.2, -0.15) is 13.2 Å². The minimum Gasteiger partial charge on any atom is -0.366 e. The smallest absolute Gasteiger partial charge is 0.366 e. The monoisotopic (exact) mass is 307 g/mol. The van der Waals surface area contributed by atoms with Gasteiger partial charge in [0.25, 0.3) is 0 Å². The average molecular weight is 307 g/mol. The number of benzene rings is 1. The maximum Gasteiger partial charge on any atom is 0.416 e. The third kappa shape index (κ3) is 5.34. The second-order valence-corrected chi connectivity index (χ2v) is 4.85. The molecule has 1 N–H and O–H groups in total. The number of rotatable bonds is 5. The fraction of sp³-hybridized carbons (Fsp3) is 0.500. The summed E-state index contributed by atoms with van der Waals surface area (Å²) in [5.74, 6) is -1.47. The summed E-state index contributed by atoms with van der Waals surface area (Å²) in [6, 6.07) is 2.19. The van der Waals surface area contributed by atoms with Gasteiger partial charge in [0.1, 0.15) is 11.9 Å². The number of nitrogens with one attached hydrogen (secondary N) is 1. The minimum absolute atomic E-state index is 0.0203. The van der Waals surface area contributed by atoms with Crippen molar-refractivity contribution in [3.8, 4) is 0 Å². The van der Waals surface area contributed by atoms with Gasteiger partial charge in [-0.1, -0.05) is 6.07 Å². The largest absolute Gasteiger partial charge is 0.416 e.